The van der Waals surface area contributed by atoms with Gasteiger partial charge < -0.3 is 9.40 Å². The fraction of sp³-hybridized carbons (Fsp3) is 0.250. The number of furan rings is 1. The standard InChI is InChI=1S/C16H15BrN2O2/c1-8(2)14-13(17)16(20)19-15(18-14)12-9(3)21-11-7-5-4-6-10(11)12/h4-8H,1-3H3,(H,18,19,20). The van der Waals surface area contributed by atoms with E-state index in [9.17, 15) is 4.79 Å². The zero-order valence-electron chi connectivity index (χ0n) is 12.0. The van der Waals surface area contributed by atoms with Crippen molar-refractivity contribution in [3.63, 3.8) is 0 Å². The van der Waals surface area contributed by atoms with Crippen LogP contribution in [-0.2, 0) is 0 Å². The molecule has 0 amide bonds. The summed E-state index contributed by atoms with van der Waals surface area (Å²) in [7, 11) is 0. The van der Waals surface area contributed by atoms with Gasteiger partial charge in [-0.25, -0.2) is 4.98 Å². The summed E-state index contributed by atoms with van der Waals surface area (Å²) in [4.78, 5) is 19.6. The van der Waals surface area contributed by atoms with E-state index in [0.29, 0.717) is 10.3 Å². The van der Waals surface area contributed by atoms with Crippen molar-refractivity contribution in [2.75, 3.05) is 0 Å². The number of para-hydroxylation sites is 1. The van der Waals surface area contributed by atoms with E-state index in [1.54, 1.807) is 0 Å². The Morgan fingerprint density at radius 2 is 2.00 bits per heavy atom. The highest BCUT2D eigenvalue weighted by molar-refractivity contribution is 9.10. The summed E-state index contributed by atoms with van der Waals surface area (Å²) in [6.07, 6.45) is 0. The molecule has 21 heavy (non-hydrogen) atoms. The summed E-state index contributed by atoms with van der Waals surface area (Å²) in [5.74, 6) is 1.45. The molecule has 0 bridgehead atoms. The molecule has 1 aromatic carbocycles. The fourth-order valence-electron chi connectivity index (χ4n) is 2.44. The second-order valence-electron chi connectivity index (χ2n) is 5.30. The van der Waals surface area contributed by atoms with Gasteiger partial charge in [0, 0.05) is 5.39 Å². The zero-order chi connectivity index (χ0) is 15.1. The number of nitrogens with zero attached hydrogens (tertiary/aromatic N) is 1. The van der Waals surface area contributed by atoms with Crippen LogP contribution in [0.2, 0.25) is 0 Å². The van der Waals surface area contributed by atoms with Crippen molar-refractivity contribution in [1.29, 1.82) is 0 Å². The Balaban J connectivity index is 2.33. The topological polar surface area (TPSA) is 58.9 Å². The van der Waals surface area contributed by atoms with Crippen molar-refractivity contribution < 1.29 is 4.42 Å². The van der Waals surface area contributed by atoms with E-state index in [-0.39, 0.29) is 11.5 Å². The second kappa shape index (κ2) is 5.15. The lowest BCUT2D eigenvalue weighted by molar-refractivity contribution is 0.579. The molecular formula is C16H15BrN2O2. The molecule has 0 saturated carbocycles. The molecular weight excluding hydrogens is 332 g/mol. The van der Waals surface area contributed by atoms with Crippen molar-refractivity contribution >= 4 is 26.9 Å². The van der Waals surface area contributed by atoms with Gasteiger partial charge in [-0.15, -0.1) is 0 Å². The summed E-state index contributed by atoms with van der Waals surface area (Å²) in [5, 5.41) is 0.954. The van der Waals surface area contributed by atoms with Crippen LogP contribution < -0.4 is 5.56 Å². The highest BCUT2D eigenvalue weighted by atomic mass is 79.9. The molecule has 3 aromatic rings. The molecule has 5 heteroatoms. The number of rotatable bonds is 2. The third-order valence-corrected chi connectivity index (χ3v) is 4.21. The van der Waals surface area contributed by atoms with Gasteiger partial charge >= 0.3 is 0 Å². The number of aryl methyl sites for hydroxylation is 1. The number of H-pyrrole nitrogens is 1. The maximum absolute atomic E-state index is 12.1. The predicted molar refractivity (Wildman–Crippen MR) is 86.6 cm³/mol. The molecule has 0 unspecified atom stereocenters. The van der Waals surface area contributed by atoms with Crippen molar-refractivity contribution in [2.45, 2.75) is 26.7 Å². The van der Waals surface area contributed by atoms with Crippen LogP contribution in [0.5, 0.6) is 0 Å². The molecule has 0 spiro atoms. The van der Waals surface area contributed by atoms with E-state index in [2.05, 4.69) is 25.9 Å². The maximum atomic E-state index is 12.1. The summed E-state index contributed by atoms with van der Waals surface area (Å²) in [6, 6.07) is 7.75. The number of aromatic amines is 1. The van der Waals surface area contributed by atoms with E-state index < -0.39 is 0 Å². The summed E-state index contributed by atoms with van der Waals surface area (Å²) in [5.41, 5.74) is 2.21. The highest BCUT2D eigenvalue weighted by Gasteiger charge is 2.18. The summed E-state index contributed by atoms with van der Waals surface area (Å²) >= 11 is 3.32. The summed E-state index contributed by atoms with van der Waals surface area (Å²) in [6.45, 7) is 5.90. The SMILES string of the molecule is Cc1oc2ccccc2c1-c1nc(C(C)C)c(Br)c(=O)[nH]1. The van der Waals surface area contributed by atoms with Gasteiger partial charge in [0.05, 0.1) is 11.3 Å². The summed E-state index contributed by atoms with van der Waals surface area (Å²) < 4.78 is 6.24. The average Bonchev–Trinajstić information content (AvgIpc) is 2.77. The van der Waals surface area contributed by atoms with Crippen LogP contribution in [0.25, 0.3) is 22.4 Å². The first-order chi connectivity index (χ1) is 9.99. The molecule has 2 aromatic heterocycles. The van der Waals surface area contributed by atoms with Crippen molar-refractivity contribution in [2.24, 2.45) is 0 Å². The van der Waals surface area contributed by atoms with Crippen LogP contribution in [0.1, 0.15) is 31.2 Å². The van der Waals surface area contributed by atoms with E-state index in [1.165, 1.54) is 0 Å². The Labute approximate surface area is 130 Å². The van der Waals surface area contributed by atoms with Gasteiger partial charge in [-0.1, -0.05) is 32.0 Å². The van der Waals surface area contributed by atoms with Crippen LogP contribution in [0, 0.1) is 6.92 Å². The van der Waals surface area contributed by atoms with Crippen LogP contribution in [0.15, 0.2) is 37.9 Å². The average molecular weight is 347 g/mol. The van der Waals surface area contributed by atoms with Gasteiger partial charge in [-0.2, -0.15) is 0 Å². The molecule has 0 fully saturated rings. The molecule has 3 rings (SSSR count). The monoisotopic (exact) mass is 346 g/mol. The number of fused-ring (bicyclic) bond motifs is 1. The Hall–Kier alpha value is -1.88. The Kier molecular flexibility index (Phi) is 3.45. The number of hydrogen-bond acceptors (Lipinski definition) is 3. The lowest BCUT2D eigenvalue weighted by Gasteiger charge is -2.09. The Morgan fingerprint density at radius 1 is 1.29 bits per heavy atom. The third-order valence-electron chi connectivity index (χ3n) is 3.44. The molecule has 0 radical (unpaired) electrons. The number of hydrogen-bond donors (Lipinski definition) is 1. The number of benzene rings is 1. The molecule has 2 heterocycles. The molecule has 0 aliphatic carbocycles. The lowest BCUT2D eigenvalue weighted by Crippen LogP contribution is -2.14. The Bertz CT molecular complexity index is 878. The normalized spacial score (nSPS) is 11.5. The smallest absolute Gasteiger partial charge is 0.265 e. The molecule has 0 atom stereocenters. The highest BCUT2D eigenvalue weighted by Crippen LogP contribution is 2.33. The lowest BCUT2D eigenvalue weighted by atomic mass is 10.1. The van der Waals surface area contributed by atoms with Crippen molar-refractivity contribution in [3.05, 3.63) is 50.5 Å². The van der Waals surface area contributed by atoms with Gasteiger partial charge in [0.2, 0.25) is 0 Å². The number of halogens is 1. The van der Waals surface area contributed by atoms with E-state index in [1.807, 2.05) is 45.0 Å². The van der Waals surface area contributed by atoms with Gasteiger partial charge in [-0.05, 0) is 34.8 Å². The van der Waals surface area contributed by atoms with E-state index >= 15 is 0 Å². The van der Waals surface area contributed by atoms with Crippen LogP contribution >= 0.6 is 15.9 Å². The van der Waals surface area contributed by atoms with Crippen molar-refractivity contribution in [3.8, 4) is 11.4 Å². The van der Waals surface area contributed by atoms with Gasteiger partial charge in [0.1, 0.15) is 21.6 Å². The first-order valence-electron chi connectivity index (χ1n) is 6.77. The fourth-order valence-corrected chi connectivity index (χ4v) is 3.08. The van der Waals surface area contributed by atoms with Crippen LogP contribution in [0.3, 0.4) is 0 Å². The van der Waals surface area contributed by atoms with E-state index in [0.717, 1.165) is 28.0 Å². The maximum Gasteiger partial charge on any atom is 0.265 e. The molecule has 1 N–H and O–H groups in total. The Morgan fingerprint density at radius 3 is 2.71 bits per heavy atom. The molecule has 0 aliphatic rings. The van der Waals surface area contributed by atoms with Gasteiger partial charge in [0.15, 0.2) is 0 Å². The largest absolute Gasteiger partial charge is 0.461 e. The first-order valence-corrected chi connectivity index (χ1v) is 7.56. The molecule has 0 saturated heterocycles. The predicted octanol–water partition coefficient (Wildman–Crippen LogP) is 4.38. The van der Waals surface area contributed by atoms with Crippen LogP contribution in [-0.4, -0.2) is 9.97 Å². The second-order valence-corrected chi connectivity index (χ2v) is 6.09. The third kappa shape index (κ3) is 2.31. The molecule has 4 nitrogen and oxygen atoms in total. The van der Waals surface area contributed by atoms with E-state index in [4.69, 9.17) is 4.42 Å². The number of aromatic nitrogens is 2. The van der Waals surface area contributed by atoms with Crippen LogP contribution in [0.4, 0.5) is 0 Å². The quantitative estimate of drug-likeness (QED) is 0.749. The number of nitrogens with one attached hydrogen (secondary N) is 1. The van der Waals surface area contributed by atoms with Gasteiger partial charge in [-0.3, -0.25) is 4.79 Å². The molecule has 108 valence electrons. The minimum absolute atomic E-state index is 0.152. The first kappa shape index (κ1) is 14.1. The molecule has 0 aliphatic heterocycles. The van der Waals surface area contributed by atoms with Crippen molar-refractivity contribution in [1.82, 2.24) is 9.97 Å². The minimum atomic E-state index is -0.173. The zero-order valence-corrected chi connectivity index (χ0v) is 13.6. The van der Waals surface area contributed by atoms with Gasteiger partial charge in [0.25, 0.3) is 5.56 Å². The minimum Gasteiger partial charge on any atom is -0.461 e.